The number of benzene rings is 1. The monoisotopic (exact) mass is 379 g/mol. The Bertz CT molecular complexity index is 700. The van der Waals surface area contributed by atoms with Crippen LogP contribution in [0.25, 0.3) is 4.91 Å². The van der Waals surface area contributed by atoms with Crippen molar-refractivity contribution < 1.29 is 74.8 Å². The van der Waals surface area contributed by atoms with E-state index in [1.165, 1.54) is 0 Å². The molecular weight excluding hydrogens is 357 g/mol. The molecule has 0 fully saturated rings. The smallest absolute Gasteiger partial charge is 0.850 e. The minimum Gasteiger partial charge on any atom is -0.850 e. The molecule has 0 radical (unpaired) electrons. The van der Waals surface area contributed by atoms with Crippen molar-refractivity contribution in [1.82, 2.24) is 4.31 Å². The second-order valence-corrected chi connectivity index (χ2v) is 8.11. The second-order valence-electron chi connectivity index (χ2n) is 6.36. The van der Waals surface area contributed by atoms with E-state index in [-0.39, 0.29) is 56.3 Å². The Kier molecular flexibility index (Phi) is 8.85. The molecule has 1 heterocycles. The van der Waals surface area contributed by atoms with E-state index >= 15 is 0 Å². The predicted molar refractivity (Wildman–Crippen MR) is 86.6 cm³/mol. The van der Waals surface area contributed by atoms with E-state index in [4.69, 9.17) is 0 Å². The van der Waals surface area contributed by atoms with Crippen LogP contribution >= 0.6 is 0 Å². The number of carbonyl (C=O) groups is 1. The van der Waals surface area contributed by atoms with E-state index in [2.05, 4.69) is 0 Å². The van der Waals surface area contributed by atoms with E-state index < -0.39 is 33.3 Å². The predicted octanol–water partition coefficient (Wildman–Crippen LogP) is -1.36. The van der Waals surface area contributed by atoms with Gasteiger partial charge >= 0.3 is 57.3 Å². The van der Waals surface area contributed by atoms with Crippen LogP contribution in [-0.2, 0) is 14.8 Å². The SMILES string of the molecule is CC(C)(C)[O-].CC(C)N1C(=O)C(O)=C(c2ccccc2)S1(=O)=O.[K+]. The zero-order valence-electron chi connectivity index (χ0n) is 14.9. The van der Waals surface area contributed by atoms with Crippen molar-refractivity contribution in [1.29, 1.82) is 0 Å². The second kappa shape index (κ2) is 8.93. The Morgan fingerprint density at radius 1 is 1.12 bits per heavy atom. The van der Waals surface area contributed by atoms with Gasteiger partial charge in [-0.1, -0.05) is 51.1 Å². The summed E-state index contributed by atoms with van der Waals surface area (Å²) >= 11 is 0. The van der Waals surface area contributed by atoms with Crippen LogP contribution in [0.3, 0.4) is 0 Å². The Morgan fingerprint density at radius 2 is 1.54 bits per heavy atom. The molecule has 0 aliphatic carbocycles. The van der Waals surface area contributed by atoms with Crippen molar-refractivity contribution in [3.63, 3.8) is 0 Å². The van der Waals surface area contributed by atoms with Crippen molar-refractivity contribution >= 4 is 20.8 Å². The first kappa shape index (κ1) is 23.8. The number of amides is 1. The molecule has 0 atom stereocenters. The average molecular weight is 380 g/mol. The van der Waals surface area contributed by atoms with Crippen LogP contribution in [-0.4, -0.2) is 35.4 Å². The van der Waals surface area contributed by atoms with Crippen molar-refractivity contribution in [3.05, 3.63) is 41.7 Å². The number of sulfonamides is 1. The summed E-state index contributed by atoms with van der Waals surface area (Å²) in [4.78, 5) is 11.5. The molecule has 0 saturated heterocycles. The van der Waals surface area contributed by atoms with Crippen LogP contribution in [0.2, 0.25) is 0 Å². The molecule has 1 aliphatic rings. The van der Waals surface area contributed by atoms with Crippen LogP contribution in [0.5, 0.6) is 0 Å². The molecular formula is C16H22KNO5S. The summed E-state index contributed by atoms with van der Waals surface area (Å²) in [5.74, 6) is -1.58. The van der Waals surface area contributed by atoms with Gasteiger partial charge in [-0.3, -0.25) is 4.79 Å². The first-order valence-corrected chi connectivity index (χ1v) is 8.59. The van der Waals surface area contributed by atoms with Gasteiger partial charge in [0.2, 0.25) is 5.76 Å². The maximum absolute atomic E-state index is 12.2. The largest absolute Gasteiger partial charge is 1.00 e. The molecule has 6 nitrogen and oxygen atoms in total. The number of aliphatic hydroxyl groups is 1. The average Bonchev–Trinajstić information content (AvgIpc) is 2.54. The minimum absolute atomic E-state index is 0. The quantitative estimate of drug-likeness (QED) is 0.640. The zero-order valence-corrected chi connectivity index (χ0v) is 18.8. The molecule has 1 aromatic rings. The summed E-state index contributed by atoms with van der Waals surface area (Å²) in [7, 11) is -3.97. The Hall–Kier alpha value is -0.224. The van der Waals surface area contributed by atoms with Gasteiger partial charge < -0.3 is 10.2 Å². The molecule has 2 rings (SSSR count). The summed E-state index contributed by atoms with van der Waals surface area (Å²) in [6.45, 7) is 8.06. The maximum Gasteiger partial charge on any atom is 1.00 e. The number of carbonyl (C=O) groups excluding carboxylic acids is 1. The standard InChI is InChI=1S/C12H13NO4S.C4H9O.K/c1-8(2)13-12(15)10(14)11(18(13,16)17)9-6-4-3-5-7-9;1-4(2,3)5;/h3-8,14H,1-2H3;1-3H3;/q;-1;+1. The summed E-state index contributed by atoms with van der Waals surface area (Å²) in [6.07, 6.45) is 0. The van der Waals surface area contributed by atoms with E-state index in [0.29, 0.717) is 9.87 Å². The maximum atomic E-state index is 12.2. The molecule has 1 amide bonds. The Balaban J connectivity index is 0.000000777. The molecule has 0 bridgehead atoms. The third-order valence-electron chi connectivity index (χ3n) is 2.64. The van der Waals surface area contributed by atoms with Crippen LogP contribution < -0.4 is 56.5 Å². The van der Waals surface area contributed by atoms with Gasteiger partial charge in [0.25, 0.3) is 10.0 Å². The zero-order chi connectivity index (χ0) is 18.0. The molecule has 24 heavy (non-hydrogen) atoms. The topological polar surface area (TPSA) is 97.7 Å². The van der Waals surface area contributed by atoms with Gasteiger partial charge in [-0.05, 0) is 19.4 Å². The molecule has 0 unspecified atom stereocenters. The third kappa shape index (κ3) is 5.94. The fourth-order valence-corrected chi connectivity index (χ4v) is 3.74. The molecule has 1 aromatic carbocycles. The summed E-state index contributed by atoms with van der Waals surface area (Å²) in [5.41, 5.74) is -0.438. The molecule has 0 spiro atoms. The molecule has 128 valence electrons. The van der Waals surface area contributed by atoms with Crippen molar-refractivity contribution in [2.75, 3.05) is 0 Å². The number of hydrogen-bond donors (Lipinski definition) is 1. The van der Waals surface area contributed by atoms with Crippen molar-refractivity contribution in [3.8, 4) is 0 Å². The fraction of sp³-hybridized carbons (Fsp3) is 0.438. The third-order valence-corrected chi connectivity index (χ3v) is 4.69. The van der Waals surface area contributed by atoms with Gasteiger partial charge in [0, 0.05) is 6.04 Å². The minimum atomic E-state index is -3.97. The normalized spacial score (nSPS) is 16.6. The van der Waals surface area contributed by atoms with Crippen LogP contribution in [0.1, 0.15) is 40.2 Å². The van der Waals surface area contributed by atoms with Gasteiger partial charge in [-0.15, -0.1) is 5.60 Å². The molecule has 1 N–H and O–H groups in total. The summed E-state index contributed by atoms with van der Waals surface area (Å²) in [6, 6.07) is 7.57. The first-order chi connectivity index (χ1) is 10.4. The van der Waals surface area contributed by atoms with E-state index in [1.54, 1.807) is 65.0 Å². The summed E-state index contributed by atoms with van der Waals surface area (Å²) < 4.78 is 25.2. The van der Waals surface area contributed by atoms with E-state index in [0.717, 1.165) is 0 Å². The van der Waals surface area contributed by atoms with Gasteiger partial charge in [0.1, 0.15) is 4.91 Å². The van der Waals surface area contributed by atoms with Crippen molar-refractivity contribution in [2.24, 2.45) is 0 Å². The number of hydrogen-bond acceptors (Lipinski definition) is 5. The number of aliphatic hydroxyl groups excluding tert-OH is 1. The Morgan fingerprint density at radius 3 is 1.88 bits per heavy atom. The van der Waals surface area contributed by atoms with E-state index in [1.807, 2.05) is 0 Å². The molecule has 1 aliphatic heterocycles. The molecule has 0 aromatic heterocycles. The summed E-state index contributed by atoms with van der Waals surface area (Å²) in [5, 5.41) is 19.9. The van der Waals surface area contributed by atoms with Gasteiger partial charge in [0.15, 0.2) is 0 Å². The number of rotatable bonds is 2. The number of nitrogens with zero attached hydrogens (tertiary/aromatic N) is 1. The van der Waals surface area contributed by atoms with Gasteiger partial charge in [-0.2, -0.15) is 0 Å². The van der Waals surface area contributed by atoms with E-state index in [9.17, 15) is 23.4 Å². The van der Waals surface area contributed by atoms with Crippen LogP contribution in [0, 0.1) is 0 Å². The Labute approximate surface area is 186 Å². The van der Waals surface area contributed by atoms with Crippen molar-refractivity contribution in [2.45, 2.75) is 46.3 Å². The molecule has 8 heteroatoms. The fourth-order valence-electron chi connectivity index (χ4n) is 1.92. The molecule has 0 saturated carbocycles. The van der Waals surface area contributed by atoms with Gasteiger partial charge in [-0.25, -0.2) is 12.7 Å². The van der Waals surface area contributed by atoms with Crippen LogP contribution in [0.15, 0.2) is 36.1 Å². The van der Waals surface area contributed by atoms with Crippen LogP contribution in [0.4, 0.5) is 0 Å². The first-order valence-electron chi connectivity index (χ1n) is 7.15. The van der Waals surface area contributed by atoms with Gasteiger partial charge in [0.05, 0.1) is 0 Å².